The molecule has 0 bridgehead atoms. The Hall–Kier alpha value is -2.20. The van der Waals surface area contributed by atoms with Gasteiger partial charge in [0.2, 0.25) is 0 Å². The summed E-state index contributed by atoms with van der Waals surface area (Å²) in [5.41, 5.74) is 5.39. The first kappa shape index (κ1) is 15.9. The molecule has 1 aliphatic heterocycles. The third-order valence-electron chi connectivity index (χ3n) is 2.40. The van der Waals surface area contributed by atoms with Gasteiger partial charge in [0.25, 0.3) is 0 Å². The van der Waals surface area contributed by atoms with Gasteiger partial charge in [-0.2, -0.15) is 0 Å². The van der Waals surface area contributed by atoms with Crippen molar-refractivity contribution in [1.29, 1.82) is 0 Å². The molecule has 1 unspecified atom stereocenters. The second kappa shape index (κ2) is 7.40. The highest BCUT2D eigenvalue weighted by atomic mass is 17.2. The number of likely N-dealkylation sites (N-methyl/N-ethyl adjacent to an activating group) is 1. The minimum atomic E-state index is -1.17. The van der Waals surface area contributed by atoms with Crippen molar-refractivity contribution in [3.8, 4) is 0 Å². The van der Waals surface area contributed by atoms with Crippen molar-refractivity contribution in [3.63, 3.8) is 0 Å². The normalized spacial score (nSPS) is 26.1. The van der Waals surface area contributed by atoms with Gasteiger partial charge in [-0.1, -0.05) is 0 Å². The van der Waals surface area contributed by atoms with Crippen molar-refractivity contribution in [1.82, 2.24) is 5.32 Å². The Balaban J connectivity index is 2.75. The molecule has 1 heterocycles. The molecule has 0 aromatic carbocycles. The van der Waals surface area contributed by atoms with E-state index in [9.17, 15) is 19.2 Å². The fraction of sp³-hybridized carbons (Fsp3) is 0.600. The van der Waals surface area contributed by atoms with Crippen molar-refractivity contribution in [2.45, 2.75) is 31.3 Å². The van der Waals surface area contributed by atoms with Crippen LogP contribution in [0.25, 0.3) is 0 Å². The third-order valence-corrected chi connectivity index (χ3v) is 2.40. The van der Waals surface area contributed by atoms with Gasteiger partial charge in [-0.3, -0.25) is 0 Å². The lowest BCUT2D eigenvalue weighted by atomic mass is 10.2. The Morgan fingerprint density at radius 2 is 1.60 bits per heavy atom. The van der Waals surface area contributed by atoms with E-state index in [-0.39, 0.29) is 12.8 Å². The largest absolute Gasteiger partial charge is 0.372 e. The number of nitrogens with one attached hydrogen (secondary N) is 1. The van der Waals surface area contributed by atoms with E-state index in [1.54, 1.807) is 0 Å². The van der Waals surface area contributed by atoms with Crippen LogP contribution in [0.15, 0.2) is 0 Å². The maximum atomic E-state index is 11.5. The topological polar surface area (TPSA) is 143 Å². The van der Waals surface area contributed by atoms with Gasteiger partial charge in [0.15, 0.2) is 0 Å². The second-order valence-corrected chi connectivity index (χ2v) is 3.91. The molecule has 20 heavy (non-hydrogen) atoms. The number of nitrogens with two attached hydrogens (primary N) is 1. The number of rotatable bonds is 1. The van der Waals surface area contributed by atoms with E-state index < -0.39 is 42.4 Å². The van der Waals surface area contributed by atoms with Crippen LogP contribution in [0.4, 0.5) is 0 Å². The van der Waals surface area contributed by atoms with Crippen LogP contribution in [0.1, 0.15) is 19.3 Å². The van der Waals surface area contributed by atoms with Crippen molar-refractivity contribution >= 4 is 23.9 Å². The molecule has 0 aliphatic carbocycles. The van der Waals surface area contributed by atoms with Gasteiger partial charge in [0.05, 0.1) is 12.8 Å². The molecule has 0 radical (unpaired) electrons. The standard InChI is InChI=1S/C10H14N2O8/c1-12-6-4-8(14)18-19-9(15)5(11)2-3-7(13)17-20-10(6)16/h5-6,12H,2-4,11H2,1H3/t5-,6?/m1/s1. The van der Waals surface area contributed by atoms with Crippen LogP contribution in [-0.4, -0.2) is 43.0 Å². The van der Waals surface area contributed by atoms with E-state index in [1.165, 1.54) is 7.05 Å². The minimum absolute atomic E-state index is 0.123. The monoisotopic (exact) mass is 290 g/mol. The third kappa shape index (κ3) is 4.82. The molecule has 1 aliphatic rings. The molecule has 0 spiro atoms. The summed E-state index contributed by atoms with van der Waals surface area (Å²) >= 11 is 0. The molecule has 0 aromatic rings. The molecule has 10 heteroatoms. The zero-order valence-corrected chi connectivity index (χ0v) is 10.6. The maximum Gasteiger partial charge on any atom is 0.372 e. The summed E-state index contributed by atoms with van der Waals surface area (Å²) in [5, 5.41) is 2.45. The predicted octanol–water partition coefficient (Wildman–Crippen LogP) is -1.91. The SMILES string of the molecule is CNC1CC(=O)OOC(=O)[C@H](N)CCC(=O)OOC1=O. The van der Waals surface area contributed by atoms with Gasteiger partial charge in [-0.25, -0.2) is 38.7 Å². The number of carbonyl (C=O) groups excluding carboxylic acids is 4. The minimum Gasteiger partial charge on any atom is -0.318 e. The zero-order valence-electron chi connectivity index (χ0n) is 10.6. The summed E-state index contributed by atoms with van der Waals surface area (Å²) in [6.07, 6.45) is -0.890. The molecule has 1 saturated heterocycles. The molecular weight excluding hydrogens is 276 g/mol. The molecular formula is C10H14N2O8. The molecule has 2 atom stereocenters. The summed E-state index contributed by atoms with van der Waals surface area (Å²) in [7, 11) is 1.38. The predicted molar refractivity (Wildman–Crippen MR) is 59.0 cm³/mol. The van der Waals surface area contributed by atoms with Gasteiger partial charge in [-0.15, -0.1) is 0 Å². The van der Waals surface area contributed by atoms with Crippen molar-refractivity contribution in [3.05, 3.63) is 0 Å². The van der Waals surface area contributed by atoms with Gasteiger partial charge in [0, 0.05) is 0 Å². The van der Waals surface area contributed by atoms with Crippen molar-refractivity contribution < 1.29 is 38.7 Å². The highest BCUT2D eigenvalue weighted by Gasteiger charge is 2.28. The smallest absolute Gasteiger partial charge is 0.318 e. The fourth-order valence-corrected chi connectivity index (χ4v) is 1.23. The Kier molecular flexibility index (Phi) is 5.87. The first-order chi connectivity index (χ1) is 9.43. The summed E-state index contributed by atoms with van der Waals surface area (Å²) in [5.74, 6) is -3.89. The Labute approximate surface area is 113 Å². The Morgan fingerprint density at radius 1 is 1.00 bits per heavy atom. The highest BCUT2D eigenvalue weighted by molar-refractivity contribution is 5.84. The zero-order chi connectivity index (χ0) is 15.1. The first-order valence-corrected chi connectivity index (χ1v) is 5.69. The lowest BCUT2D eigenvalue weighted by Gasteiger charge is -2.11. The lowest BCUT2D eigenvalue weighted by molar-refractivity contribution is -0.263. The van der Waals surface area contributed by atoms with Crippen LogP contribution < -0.4 is 11.1 Å². The van der Waals surface area contributed by atoms with Gasteiger partial charge in [0.1, 0.15) is 12.1 Å². The molecule has 1 rings (SSSR count). The first-order valence-electron chi connectivity index (χ1n) is 5.69. The van der Waals surface area contributed by atoms with Crippen LogP contribution in [0, 0.1) is 0 Å². The van der Waals surface area contributed by atoms with Gasteiger partial charge < -0.3 is 11.1 Å². The van der Waals surface area contributed by atoms with E-state index in [0.29, 0.717) is 0 Å². The molecule has 10 nitrogen and oxygen atoms in total. The van der Waals surface area contributed by atoms with E-state index >= 15 is 0 Å². The van der Waals surface area contributed by atoms with Crippen LogP contribution in [0.2, 0.25) is 0 Å². The summed E-state index contributed by atoms with van der Waals surface area (Å²) in [6.45, 7) is 0. The molecule has 0 amide bonds. The molecule has 0 saturated carbocycles. The number of hydrogen-bond donors (Lipinski definition) is 2. The van der Waals surface area contributed by atoms with Crippen molar-refractivity contribution in [2.75, 3.05) is 7.05 Å². The number of hydrogen-bond acceptors (Lipinski definition) is 10. The van der Waals surface area contributed by atoms with Crippen LogP contribution >= 0.6 is 0 Å². The second-order valence-electron chi connectivity index (χ2n) is 3.91. The fourth-order valence-electron chi connectivity index (χ4n) is 1.23. The Bertz CT molecular complexity index is 410. The van der Waals surface area contributed by atoms with E-state index in [1.807, 2.05) is 0 Å². The molecule has 1 fully saturated rings. The summed E-state index contributed by atoms with van der Waals surface area (Å²) < 4.78 is 0. The Morgan fingerprint density at radius 3 is 2.25 bits per heavy atom. The van der Waals surface area contributed by atoms with Gasteiger partial charge in [-0.05, 0) is 13.5 Å². The average molecular weight is 290 g/mol. The summed E-state index contributed by atoms with van der Waals surface area (Å²) in [4.78, 5) is 62.2. The quantitative estimate of drug-likeness (QED) is 0.525. The molecule has 3 N–H and O–H groups in total. The van der Waals surface area contributed by atoms with Crippen LogP contribution in [0.5, 0.6) is 0 Å². The lowest BCUT2D eigenvalue weighted by Crippen LogP contribution is -2.38. The molecule has 0 aromatic heterocycles. The van der Waals surface area contributed by atoms with E-state index in [2.05, 4.69) is 24.9 Å². The summed E-state index contributed by atoms with van der Waals surface area (Å²) in [6, 6.07) is -2.30. The van der Waals surface area contributed by atoms with E-state index in [0.717, 1.165) is 0 Å². The van der Waals surface area contributed by atoms with Crippen LogP contribution in [-0.2, 0) is 38.7 Å². The van der Waals surface area contributed by atoms with Crippen molar-refractivity contribution in [2.24, 2.45) is 5.73 Å². The van der Waals surface area contributed by atoms with Crippen LogP contribution in [0.3, 0.4) is 0 Å². The molecule has 112 valence electrons. The average Bonchev–Trinajstić information content (AvgIpc) is 2.44. The van der Waals surface area contributed by atoms with Gasteiger partial charge >= 0.3 is 23.9 Å². The van der Waals surface area contributed by atoms with E-state index in [4.69, 9.17) is 5.73 Å². The maximum absolute atomic E-state index is 11.5. The number of carbonyl (C=O) groups is 4. The highest BCUT2D eigenvalue weighted by Crippen LogP contribution is 2.05.